The maximum Gasteiger partial charge on any atom is 0.223 e. The van der Waals surface area contributed by atoms with Crippen molar-refractivity contribution in [3.05, 3.63) is 18.2 Å². The van der Waals surface area contributed by atoms with E-state index in [1.807, 2.05) is 36.0 Å². The number of likely N-dealkylation sites (tertiary alicyclic amines) is 2. The van der Waals surface area contributed by atoms with E-state index in [0.717, 1.165) is 12.2 Å². The smallest absolute Gasteiger partial charge is 0.223 e. The van der Waals surface area contributed by atoms with Crippen LogP contribution in [0.2, 0.25) is 0 Å². The average Bonchev–Trinajstić information content (AvgIpc) is 2.99. The highest BCUT2D eigenvalue weighted by Crippen LogP contribution is 2.30. The number of imidazole rings is 1. The number of aryl methyl sites for hydroxylation is 1. The van der Waals surface area contributed by atoms with E-state index in [1.54, 1.807) is 0 Å². The van der Waals surface area contributed by atoms with Crippen LogP contribution in [0.5, 0.6) is 0 Å². The molecule has 2 aliphatic heterocycles. The van der Waals surface area contributed by atoms with Crippen molar-refractivity contribution >= 4 is 5.91 Å². The molecule has 0 radical (unpaired) electrons. The maximum atomic E-state index is 12.2. The Balaban J connectivity index is 1.67. The average molecular weight is 333 g/mol. The van der Waals surface area contributed by atoms with E-state index in [2.05, 4.69) is 22.1 Å². The van der Waals surface area contributed by atoms with Gasteiger partial charge in [0.15, 0.2) is 0 Å². The van der Waals surface area contributed by atoms with Gasteiger partial charge in [0.1, 0.15) is 11.9 Å². The van der Waals surface area contributed by atoms with Gasteiger partial charge in [0.25, 0.3) is 0 Å². The van der Waals surface area contributed by atoms with Crippen LogP contribution in [0.1, 0.15) is 50.9 Å². The van der Waals surface area contributed by atoms with E-state index < -0.39 is 0 Å². The maximum absolute atomic E-state index is 12.2. The number of nitrogens with zero attached hydrogens (tertiary/aromatic N) is 4. The number of nitrogens with one attached hydrogen (secondary N) is 1. The quantitative estimate of drug-likeness (QED) is 0.888. The van der Waals surface area contributed by atoms with Crippen molar-refractivity contribution < 1.29 is 4.79 Å². The van der Waals surface area contributed by atoms with Gasteiger partial charge in [0, 0.05) is 45.0 Å². The molecule has 1 aromatic heterocycles. The first-order chi connectivity index (χ1) is 11.6. The van der Waals surface area contributed by atoms with Gasteiger partial charge in [-0.25, -0.2) is 4.98 Å². The molecule has 2 atom stereocenters. The van der Waals surface area contributed by atoms with Crippen LogP contribution < -0.4 is 5.32 Å². The normalized spacial score (nSPS) is 27.0. The molecular weight excluding hydrogens is 302 g/mol. The summed E-state index contributed by atoms with van der Waals surface area (Å²) >= 11 is 0. The van der Waals surface area contributed by atoms with Crippen molar-refractivity contribution in [1.82, 2.24) is 24.7 Å². The molecule has 1 amide bonds. The van der Waals surface area contributed by atoms with E-state index in [1.165, 1.54) is 38.9 Å². The topological polar surface area (TPSA) is 53.4 Å². The molecule has 3 rings (SSSR count). The lowest BCUT2D eigenvalue weighted by Gasteiger charge is -2.42. The fourth-order valence-corrected chi connectivity index (χ4v) is 4.17. The number of piperidine rings is 2. The number of rotatable bonds is 5. The van der Waals surface area contributed by atoms with Crippen LogP contribution in [0, 0.1) is 0 Å². The first kappa shape index (κ1) is 17.4. The Kier molecular flexibility index (Phi) is 5.56. The van der Waals surface area contributed by atoms with Gasteiger partial charge in [-0.3, -0.25) is 4.79 Å². The van der Waals surface area contributed by atoms with E-state index in [-0.39, 0.29) is 18.0 Å². The first-order valence-corrected chi connectivity index (χ1v) is 9.31. The molecule has 0 bridgehead atoms. The lowest BCUT2D eigenvalue weighted by Crippen LogP contribution is -2.54. The highest BCUT2D eigenvalue weighted by Gasteiger charge is 2.38. The number of likely N-dealkylation sites (N-methyl/N-ethyl adjacent to an activating group) is 1. The van der Waals surface area contributed by atoms with Crippen molar-refractivity contribution in [2.45, 2.75) is 57.2 Å². The third-order valence-corrected chi connectivity index (χ3v) is 5.56. The fourth-order valence-electron chi connectivity index (χ4n) is 4.17. The molecule has 0 saturated carbocycles. The van der Waals surface area contributed by atoms with Gasteiger partial charge in [-0.1, -0.05) is 6.92 Å². The second kappa shape index (κ2) is 7.66. The molecule has 0 aromatic carbocycles. The highest BCUT2D eigenvalue weighted by molar-refractivity contribution is 5.77. The van der Waals surface area contributed by atoms with Gasteiger partial charge >= 0.3 is 0 Å². The lowest BCUT2D eigenvalue weighted by atomic mass is 9.93. The van der Waals surface area contributed by atoms with E-state index in [4.69, 9.17) is 0 Å². The molecule has 1 aromatic rings. The molecule has 134 valence electrons. The molecule has 0 spiro atoms. The summed E-state index contributed by atoms with van der Waals surface area (Å²) in [6, 6.07) is 0.865. The largest absolute Gasteiger partial charge is 0.336 e. The van der Waals surface area contributed by atoms with E-state index in [9.17, 15) is 4.79 Å². The second-order valence-electron chi connectivity index (χ2n) is 7.27. The summed E-state index contributed by atoms with van der Waals surface area (Å²) < 4.78 is 2.04. The summed E-state index contributed by atoms with van der Waals surface area (Å²) in [5.41, 5.74) is 0. The Labute approximate surface area is 145 Å². The number of carbonyl (C=O) groups is 1. The zero-order chi connectivity index (χ0) is 17.1. The van der Waals surface area contributed by atoms with Crippen LogP contribution in [0.3, 0.4) is 0 Å². The third kappa shape index (κ3) is 3.64. The van der Waals surface area contributed by atoms with Crippen LogP contribution in [-0.4, -0.2) is 64.0 Å². The van der Waals surface area contributed by atoms with Gasteiger partial charge in [-0.05, 0) is 45.3 Å². The van der Waals surface area contributed by atoms with Crippen LogP contribution >= 0.6 is 0 Å². The summed E-state index contributed by atoms with van der Waals surface area (Å²) in [6.07, 6.45) is 8.93. The number of aromatic nitrogens is 2. The van der Waals surface area contributed by atoms with Gasteiger partial charge in [0.05, 0.1) is 0 Å². The van der Waals surface area contributed by atoms with Gasteiger partial charge in [-0.2, -0.15) is 0 Å². The van der Waals surface area contributed by atoms with E-state index >= 15 is 0 Å². The minimum absolute atomic E-state index is 0.0277. The van der Waals surface area contributed by atoms with Crippen LogP contribution in [0.4, 0.5) is 0 Å². The molecule has 0 unspecified atom stereocenters. The van der Waals surface area contributed by atoms with Gasteiger partial charge < -0.3 is 19.7 Å². The number of hydrogen-bond acceptors (Lipinski definition) is 4. The molecule has 2 aliphatic rings. The van der Waals surface area contributed by atoms with E-state index in [0.29, 0.717) is 12.5 Å². The summed E-state index contributed by atoms with van der Waals surface area (Å²) in [5.74, 6) is 1.20. The van der Waals surface area contributed by atoms with Crippen molar-refractivity contribution in [3.63, 3.8) is 0 Å². The third-order valence-electron chi connectivity index (χ3n) is 5.56. The number of hydrogen-bond donors (Lipinski definition) is 1. The van der Waals surface area contributed by atoms with Crippen LogP contribution in [0.25, 0.3) is 0 Å². The first-order valence-electron chi connectivity index (χ1n) is 9.31. The number of carbonyl (C=O) groups excluding carboxylic acids is 1. The molecule has 0 aliphatic carbocycles. The van der Waals surface area contributed by atoms with Gasteiger partial charge in [0.2, 0.25) is 5.91 Å². The Bertz CT molecular complexity index is 549. The molecule has 6 heteroatoms. The predicted octanol–water partition coefficient (Wildman–Crippen LogP) is 1.55. The Morgan fingerprint density at radius 2 is 2.00 bits per heavy atom. The van der Waals surface area contributed by atoms with Crippen LogP contribution in [-0.2, 0) is 11.8 Å². The zero-order valence-electron chi connectivity index (χ0n) is 15.2. The van der Waals surface area contributed by atoms with Gasteiger partial charge in [-0.15, -0.1) is 0 Å². The number of amides is 1. The summed E-state index contributed by atoms with van der Waals surface area (Å²) in [6.45, 7) is 5.82. The van der Waals surface area contributed by atoms with Crippen molar-refractivity contribution in [1.29, 1.82) is 0 Å². The Hall–Kier alpha value is -1.40. The Morgan fingerprint density at radius 1 is 1.25 bits per heavy atom. The Morgan fingerprint density at radius 3 is 2.62 bits per heavy atom. The highest BCUT2D eigenvalue weighted by atomic mass is 16.2. The molecule has 6 nitrogen and oxygen atoms in total. The lowest BCUT2D eigenvalue weighted by molar-refractivity contribution is -0.136. The standard InChI is InChI=1S/C18H31N5O/c1-4-10-23-11-7-14(8-12-23)20-15-5-6-16(24)22(3)17(15)18-19-9-13-21(18)2/h9,13-15,17,20H,4-8,10-12H2,1-3H3/t15-,17-/m1/s1. The fraction of sp³-hybridized carbons (Fsp3) is 0.778. The van der Waals surface area contributed by atoms with Crippen molar-refractivity contribution in [2.24, 2.45) is 7.05 Å². The molecule has 3 heterocycles. The minimum atomic E-state index is 0.0277. The zero-order valence-corrected chi connectivity index (χ0v) is 15.2. The summed E-state index contributed by atoms with van der Waals surface area (Å²) in [5, 5.41) is 3.86. The second-order valence-corrected chi connectivity index (χ2v) is 7.27. The van der Waals surface area contributed by atoms with Crippen LogP contribution in [0.15, 0.2) is 12.4 Å². The molecule has 2 fully saturated rings. The minimum Gasteiger partial charge on any atom is -0.336 e. The van der Waals surface area contributed by atoms with Crippen molar-refractivity contribution in [3.8, 4) is 0 Å². The monoisotopic (exact) mass is 333 g/mol. The summed E-state index contributed by atoms with van der Waals surface area (Å²) in [4.78, 5) is 21.2. The molecule has 1 N–H and O–H groups in total. The SMILES string of the molecule is CCCN1CCC(N[C@@H]2CCC(=O)N(C)[C@H]2c2nccn2C)CC1. The molecular formula is C18H31N5O. The summed E-state index contributed by atoms with van der Waals surface area (Å²) in [7, 11) is 3.93. The molecule has 2 saturated heterocycles. The van der Waals surface area contributed by atoms with Crippen molar-refractivity contribution in [2.75, 3.05) is 26.7 Å². The molecule has 24 heavy (non-hydrogen) atoms. The predicted molar refractivity (Wildman–Crippen MR) is 94.6 cm³/mol.